The van der Waals surface area contributed by atoms with Crippen LogP contribution in [0.4, 0.5) is 11.4 Å². The Morgan fingerprint density at radius 1 is 1.10 bits per heavy atom. The summed E-state index contributed by atoms with van der Waals surface area (Å²) in [7, 11) is 1.55. The number of ether oxygens (including phenoxy) is 1. The van der Waals surface area contributed by atoms with E-state index < -0.39 is 0 Å². The summed E-state index contributed by atoms with van der Waals surface area (Å²) in [5.41, 5.74) is 2.45. The van der Waals surface area contributed by atoms with Crippen LogP contribution in [0.1, 0.15) is 23.2 Å². The average Bonchev–Trinajstić information content (AvgIpc) is 3.29. The summed E-state index contributed by atoms with van der Waals surface area (Å²) >= 11 is 8.91. The van der Waals surface area contributed by atoms with Gasteiger partial charge < -0.3 is 15.0 Å². The van der Waals surface area contributed by atoms with Crippen LogP contribution in [-0.2, 0) is 0 Å². The van der Waals surface area contributed by atoms with E-state index in [0.29, 0.717) is 11.3 Å². The van der Waals surface area contributed by atoms with Crippen molar-refractivity contribution in [1.82, 2.24) is 5.32 Å². The minimum Gasteiger partial charge on any atom is -0.495 e. The molecule has 2 N–H and O–H groups in total. The molecule has 1 amide bonds. The molecule has 1 heterocycles. The Morgan fingerprint density at radius 3 is 2.50 bits per heavy atom. The molecule has 30 heavy (non-hydrogen) atoms. The maximum atomic E-state index is 12.9. The Balaban J connectivity index is 1.47. The molecule has 1 saturated heterocycles. The molecule has 0 aromatic heterocycles. The van der Waals surface area contributed by atoms with E-state index in [1.54, 1.807) is 7.11 Å². The molecule has 0 spiro atoms. The van der Waals surface area contributed by atoms with Crippen molar-refractivity contribution in [3.63, 3.8) is 0 Å². The van der Waals surface area contributed by atoms with Crippen LogP contribution in [0.3, 0.4) is 0 Å². The van der Waals surface area contributed by atoms with Crippen molar-refractivity contribution in [2.24, 2.45) is 0 Å². The van der Waals surface area contributed by atoms with Gasteiger partial charge in [0.2, 0.25) is 0 Å². The molecule has 0 saturated carbocycles. The third-order valence-corrected chi connectivity index (χ3v) is 6.20. The highest BCUT2D eigenvalue weighted by Crippen LogP contribution is 2.36. The van der Waals surface area contributed by atoms with E-state index in [1.807, 2.05) is 42.5 Å². The molecule has 0 bridgehead atoms. The smallest absolute Gasteiger partial charge is 0.261 e. The van der Waals surface area contributed by atoms with Crippen molar-refractivity contribution in [1.29, 1.82) is 0 Å². The molecule has 1 aliphatic rings. The number of methoxy groups -OCH3 is 1. The van der Waals surface area contributed by atoms with E-state index in [0.717, 1.165) is 34.0 Å². The molecule has 0 radical (unpaired) electrons. The van der Waals surface area contributed by atoms with Gasteiger partial charge in [0.15, 0.2) is 5.11 Å². The number of rotatable bonds is 4. The van der Waals surface area contributed by atoms with Crippen LogP contribution < -0.4 is 20.3 Å². The number of nitrogens with one attached hydrogen (secondary N) is 2. The lowest BCUT2D eigenvalue weighted by Crippen LogP contribution is -2.34. The predicted octanol–water partition coefficient (Wildman–Crippen LogP) is 5.34. The molecule has 3 aromatic carbocycles. The summed E-state index contributed by atoms with van der Waals surface area (Å²) in [6.07, 6.45) is 2.48. The largest absolute Gasteiger partial charge is 0.495 e. The van der Waals surface area contributed by atoms with Gasteiger partial charge >= 0.3 is 0 Å². The molecule has 7 heteroatoms. The number of amides is 1. The van der Waals surface area contributed by atoms with Gasteiger partial charge in [0.1, 0.15) is 5.75 Å². The third-order valence-electron chi connectivity index (χ3n) is 5.21. The molecule has 0 aliphatic carbocycles. The van der Waals surface area contributed by atoms with Crippen LogP contribution in [-0.4, -0.2) is 31.2 Å². The minimum atomic E-state index is -0.329. The van der Waals surface area contributed by atoms with Crippen molar-refractivity contribution < 1.29 is 9.53 Å². The molecule has 3 aromatic rings. The second kappa shape index (κ2) is 9.02. The quantitative estimate of drug-likeness (QED) is 0.490. The Bertz CT molecular complexity index is 1100. The Labute approximate surface area is 189 Å². The normalized spacial score (nSPS) is 13.3. The van der Waals surface area contributed by atoms with E-state index >= 15 is 0 Å². The van der Waals surface area contributed by atoms with Gasteiger partial charge in [-0.3, -0.25) is 10.1 Å². The summed E-state index contributed by atoms with van der Waals surface area (Å²) in [5.74, 6) is 0.147. The molecular formula is C23H22BrN3O2S. The minimum absolute atomic E-state index is 0.236. The van der Waals surface area contributed by atoms with Gasteiger partial charge in [-0.15, -0.1) is 0 Å². The monoisotopic (exact) mass is 483 g/mol. The van der Waals surface area contributed by atoms with Crippen LogP contribution >= 0.6 is 28.1 Å². The van der Waals surface area contributed by atoms with Gasteiger partial charge in [-0.25, -0.2) is 0 Å². The Morgan fingerprint density at radius 2 is 1.80 bits per heavy atom. The fourth-order valence-electron chi connectivity index (χ4n) is 3.72. The Hall–Kier alpha value is -2.64. The van der Waals surface area contributed by atoms with E-state index in [2.05, 4.69) is 43.6 Å². The van der Waals surface area contributed by atoms with Crippen LogP contribution in [0.15, 0.2) is 59.1 Å². The SMILES string of the molecule is COc1c(C(=O)NC(=S)Nc2ccc(N3CCCC3)cc2)cc2ccccc2c1Br. The number of nitrogens with zero attached hydrogens (tertiary/aromatic N) is 1. The zero-order valence-corrected chi connectivity index (χ0v) is 19.0. The number of carbonyl (C=O) groups excluding carboxylic acids is 1. The van der Waals surface area contributed by atoms with Crippen molar-refractivity contribution in [3.05, 3.63) is 64.6 Å². The number of hydrogen-bond acceptors (Lipinski definition) is 4. The van der Waals surface area contributed by atoms with Gasteiger partial charge in [-0.05, 0) is 82.1 Å². The van der Waals surface area contributed by atoms with Gasteiger partial charge in [0.25, 0.3) is 5.91 Å². The standard InChI is InChI=1S/C23H22BrN3O2S/c1-29-21-19(14-15-6-2-3-7-18(15)20(21)24)22(28)26-23(30)25-16-8-10-17(11-9-16)27-12-4-5-13-27/h2-3,6-11,14H,4-5,12-13H2,1H3,(H2,25,26,28,30). The highest BCUT2D eigenvalue weighted by molar-refractivity contribution is 9.10. The fraction of sp³-hybridized carbons (Fsp3) is 0.217. The number of anilines is 2. The number of halogens is 1. The van der Waals surface area contributed by atoms with Gasteiger partial charge in [0, 0.05) is 24.5 Å². The highest BCUT2D eigenvalue weighted by atomic mass is 79.9. The predicted molar refractivity (Wildman–Crippen MR) is 130 cm³/mol. The molecule has 0 atom stereocenters. The summed E-state index contributed by atoms with van der Waals surface area (Å²) in [5, 5.41) is 7.98. The highest BCUT2D eigenvalue weighted by Gasteiger charge is 2.19. The van der Waals surface area contributed by atoms with E-state index in [9.17, 15) is 4.79 Å². The second-order valence-electron chi connectivity index (χ2n) is 7.14. The lowest BCUT2D eigenvalue weighted by atomic mass is 10.1. The van der Waals surface area contributed by atoms with Crippen LogP contribution in [0.2, 0.25) is 0 Å². The van der Waals surface area contributed by atoms with Crippen LogP contribution in [0.5, 0.6) is 5.75 Å². The summed E-state index contributed by atoms with van der Waals surface area (Å²) in [6.45, 7) is 2.20. The zero-order valence-electron chi connectivity index (χ0n) is 16.6. The van der Waals surface area contributed by atoms with Gasteiger partial charge in [-0.1, -0.05) is 24.3 Å². The third kappa shape index (κ3) is 4.27. The van der Waals surface area contributed by atoms with E-state index in [4.69, 9.17) is 17.0 Å². The molecule has 1 fully saturated rings. The maximum absolute atomic E-state index is 12.9. The van der Waals surface area contributed by atoms with Crippen molar-refractivity contribution >= 4 is 61.3 Å². The number of fused-ring (bicyclic) bond motifs is 1. The lowest BCUT2D eigenvalue weighted by molar-refractivity contribution is 0.0975. The van der Waals surface area contributed by atoms with Gasteiger partial charge in [0.05, 0.1) is 17.1 Å². The first-order valence-electron chi connectivity index (χ1n) is 9.79. The molecule has 154 valence electrons. The van der Waals surface area contributed by atoms with E-state index in [-0.39, 0.29) is 11.0 Å². The fourth-order valence-corrected chi connectivity index (χ4v) is 4.66. The molecule has 4 rings (SSSR count). The molecule has 0 unspecified atom stereocenters. The summed E-state index contributed by atoms with van der Waals surface area (Å²) < 4.78 is 6.23. The average molecular weight is 484 g/mol. The number of carbonyl (C=O) groups is 1. The van der Waals surface area contributed by atoms with Gasteiger partial charge in [-0.2, -0.15) is 0 Å². The first kappa shape index (κ1) is 20.6. The van der Waals surface area contributed by atoms with Crippen molar-refractivity contribution in [3.8, 4) is 5.75 Å². The zero-order chi connectivity index (χ0) is 21.1. The lowest BCUT2D eigenvalue weighted by Gasteiger charge is -2.18. The molecule has 1 aliphatic heterocycles. The first-order valence-corrected chi connectivity index (χ1v) is 11.0. The topological polar surface area (TPSA) is 53.6 Å². The van der Waals surface area contributed by atoms with Crippen molar-refractivity contribution in [2.75, 3.05) is 30.4 Å². The first-order chi connectivity index (χ1) is 14.6. The number of benzene rings is 3. The van der Waals surface area contributed by atoms with Crippen LogP contribution in [0, 0.1) is 0 Å². The molecule has 5 nitrogen and oxygen atoms in total. The Kier molecular flexibility index (Phi) is 6.20. The number of hydrogen-bond donors (Lipinski definition) is 2. The summed E-state index contributed by atoms with van der Waals surface area (Å²) in [4.78, 5) is 15.3. The van der Waals surface area contributed by atoms with Crippen molar-refractivity contribution in [2.45, 2.75) is 12.8 Å². The molecular weight excluding hydrogens is 462 g/mol. The van der Waals surface area contributed by atoms with Crippen LogP contribution in [0.25, 0.3) is 10.8 Å². The van der Waals surface area contributed by atoms with E-state index in [1.165, 1.54) is 18.5 Å². The second-order valence-corrected chi connectivity index (χ2v) is 8.34. The maximum Gasteiger partial charge on any atom is 0.261 e. The summed E-state index contributed by atoms with van der Waals surface area (Å²) in [6, 6.07) is 17.7. The number of thiocarbonyl (C=S) groups is 1.